The minimum atomic E-state index is -0.651. The second-order valence-electron chi connectivity index (χ2n) is 10.9. The van der Waals surface area contributed by atoms with Gasteiger partial charge in [-0.2, -0.15) is 0 Å². The summed E-state index contributed by atoms with van der Waals surface area (Å²) in [4.78, 5) is 18.3. The smallest absolute Gasteiger partial charge is 0.290 e. The molecule has 7 nitrogen and oxygen atoms in total. The molecule has 0 radical (unpaired) electrons. The number of furan rings is 1. The Bertz CT molecular complexity index is 1970. The molecule has 3 heterocycles. The maximum Gasteiger partial charge on any atom is 0.290 e. The van der Waals surface area contributed by atoms with Crippen molar-refractivity contribution in [2.24, 2.45) is 0 Å². The number of thiazole rings is 1. The molecule has 7 rings (SSSR count). The highest BCUT2D eigenvalue weighted by atomic mass is 32.1. The van der Waals surface area contributed by atoms with E-state index in [9.17, 15) is 9.90 Å². The normalized spacial score (nSPS) is 16.5. The molecule has 220 valence electrons. The van der Waals surface area contributed by atoms with E-state index in [1.165, 1.54) is 5.56 Å². The number of amides is 1. The monoisotopic (exact) mass is 602 g/mol. The number of rotatable bonds is 8. The zero-order valence-electron chi connectivity index (χ0n) is 24.0. The first-order valence-corrected chi connectivity index (χ1v) is 15.3. The number of nitrogens with one attached hydrogen (secondary N) is 1. The molecular formula is C36H30N2O5S. The third-order valence-corrected chi connectivity index (χ3v) is 8.83. The lowest BCUT2D eigenvalue weighted by Gasteiger charge is -2.29. The van der Waals surface area contributed by atoms with Crippen LogP contribution < -0.4 is 5.32 Å². The summed E-state index contributed by atoms with van der Waals surface area (Å²) >= 11 is 1.65. The van der Waals surface area contributed by atoms with E-state index in [1.807, 2.05) is 84.9 Å². The molecule has 2 N–H and O–H groups in total. The van der Waals surface area contributed by atoms with Gasteiger partial charge in [0.15, 0.2) is 5.76 Å². The van der Waals surface area contributed by atoms with Gasteiger partial charge in [-0.05, 0) is 72.2 Å². The van der Waals surface area contributed by atoms with Crippen molar-refractivity contribution in [3.63, 3.8) is 0 Å². The van der Waals surface area contributed by atoms with Gasteiger partial charge in [-0.3, -0.25) is 4.79 Å². The van der Waals surface area contributed by atoms with E-state index >= 15 is 0 Å². The summed E-state index contributed by atoms with van der Waals surface area (Å²) in [5.41, 5.74) is 7.37. The van der Waals surface area contributed by atoms with Crippen LogP contribution in [0.25, 0.3) is 31.8 Å². The Kier molecular flexibility index (Phi) is 7.70. The third-order valence-electron chi connectivity index (χ3n) is 7.77. The van der Waals surface area contributed by atoms with Crippen molar-refractivity contribution in [3.05, 3.63) is 131 Å². The standard InChI is InChI=1S/C36H30N2O5S/c1-22-6-15-30-33(16-22)44-36(38-30)25-11-13-27(14-12-25)37-35(40)32-17-26(29-21-41-31-5-3-2-4-28(29)31)18-34(43-32)42-20-24-9-7-23(19-39)8-10-24/h2-17,21,26,34,39H,18-20H2,1H3,(H,37,40)/t26-,34+/m0/s1. The van der Waals surface area contributed by atoms with Crippen LogP contribution in [0.5, 0.6) is 0 Å². The average Bonchev–Trinajstić information content (AvgIpc) is 3.68. The Morgan fingerprint density at radius 1 is 1.02 bits per heavy atom. The van der Waals surface area contributed by atoms with Gasteiger partial charge in [-0.1, -0.05) is 48.5 Å². The van der Waals surface area contributed by atoms with Crippen molar-refractivity contribution < 1.29 is 23.8 Å². The highest BCUT2D eigenvalue weighted by Gasteiger charge is 2.30. The van der Waals surface area contributed by atoms with Gasteiger partial charge in [0, 0.05) is 34.5 Å². The number of nitrogens with zero attached hydrogens (tertiary/aromatic N) is 1. The third kappa shape index (κ3) is 5.88. The van der Waals surface area contributed by atoms with Crippen molar-refractivity contribution in [2.75, 3.05) is 5.32 Å². The fourth-order valence-corrected chi connectivity index (χ4v) is 6.46. The molecular weight excluding hydrogens is 572 g/mol. The van der Waals surface area contributed by atoms with E-state index in [2.05, 4.69) is 24.4 Å². The summed E-state index contributed by atoms with van der Waals surface area (Å²) in [5.74, 6) is -0.315. The molecule has 0 aliphatic carbocycles. The van der Waals surface area contributed by atoms with Gasteiger partial charge in [0.2, 0.25) is 6.29 Å². The summed E-state index contributed by atoms with van der Waals surface area (Å²) < 4.78 is 19.2. The van der Waals surface area contributed by atoms with Crippen LogP contribution in [0.1, 0.15) is 34.6 Å². The average molecular weight is 603 g/mol. The number of aliphatic hydroxyl groups is 1. The van der Waals surface area contributed by atoms with Gasteiger partial charge in [0.1, 0.15) is 10.6 Å². The molecule has 2 aromatic heterocycles. The molecule has 0 spiro atoms. The molecule has 8 heteroatoms. The van der Waals surface area contributed by atoms with Gasteiger partial charge in [0.25, 0.3) is 5.91 Å². The highest BCUT2D eigenvalue weighted by molar-refractivity contribution is 7.21. The molecule has 6 aromatic rings. The van der Waals surface area contributed by atoms with E-state index in [-0.39, 0.29) is 24.2 Å². The van der Waals surface area contributed by atoms with Gasteiger partial charge in [0.05, 0.1) is 29.7 Å². The number of hydrogen-bond acceptors (Lipinski definition) is 7. The lowest BCUT2D eigenvalue weighted by atomic mass is 9.92. The predicted octanol–water partition coefficient (Wildman–Crippen LogP) is 8.08. The van der Waals surface area contributed by atoms with Crippen molar-refractivity contribution >= 4 is 44.1 Å². The van der Waals surface area contributed by atoms with Crippen LogP contribution >= 0.6 is 11.3 Å². The van der Waals surface area contributed by atoms with Crippen LogP contribution in [-0.2, 0) is 27.5 Å². The summed E-state index contributed by atoms with van der Waals surface area (Å²) in [7, 11) is 0. The van der Waals surface area contributed by atoms with Crippen LogP contribution in [-0.4, -0.2) is 22.3 Å². The minimum absolute atomic E-state index is 0.0130. The quantitative estimate of drug-likeness (QED) is 0.183. The molecule has 2 atom stereocenters. The van der Waals surface area contributed by atoms with Crippen LogP contribution in [0, 0.1) is 6.92 Å². The zero-order chi connectivity index (χ0) is 30.0. The number of aliphatic hydroxyl groups excluding tert-OH is 1. The Morgan fingerprint density at radius 2 is 1.82 bits per heavy atom. The maximum atomic E-state index is 13.5. The first kappa shape index (κ1) is 28.0. The van der Waals surface area contributed by atoms with Crippen LogP contribution in [0.15, 0.2) is 114 Å². The van der Waals surface area contributed by atoms with E-state index in [0.29, 0.717) is 18.7 Å². The Hall–Kier alpha value is -4.76. The van der Waals surface area contributed by atoms with E-state index in [0.717, 1.165) is 48.4 Å². The second-order valence-corrected chi connectivity index (χ2v) is 11.9. The number of para-hydroxylation sites is 1. The number of benzene rings is 4. The molecule has 1 amide bonds. The lowest BCUT2D eigenvalue weighted by molar-refractivity contribution is -0.147. The predicted molar refractivity (Wildman–Crippen MR) is 172 cm³/mol. The summed E-state index contributed by atoms with van der Waals surface area (Å²) in [6, 6.07) is 29.3. The molecule has 0 fully saturated rings. The fraction of sp³-hybridized carbons (Fsp3) is 0.167. The van der Waals surface area contributed by atoms with Crippen molar-refractivity contribution in [1.29, 1.82) is 0 Å². The van der Waals surface area contributed by atoms with Crippen molar-refractivity contribution in [2.45, 2.75) is 38.8 Å². The summed E-state index contributed by atoms with van der Waals surface area (Å²) in [6.07, 6.45) is 3.46. The van der Waals surface area contributed by atoms with Gasteiger partial charge in [-0.15, -0.1) is 11.3 Å². The molecule has 1 aliphatic rings. The topological polar surface area (TPSA) is 93.8 Å². The molecule has 44 heavy (non-hydrogen) atoms. The fourth-order valence-electron chi connectivity index (χ4n) is 5.39. The first-order valence-electron chi connectivity index (χ1n) is 14.5. The van der Waals surface area contributed by atoms with E-state index in [4.69, 9.17) is 18.9 Å². The summed E-state index contributed by atoms with van der Waals surface area (Å²) in [6.45, 7) is 2.37. The molecule has 0 bridgehead atoms. The van der Waals surface area contributed by atoms with Crippen LogP contribution in [0.2, 0.25) is 0 Å². The van der Waals surface area contributed by atoms with Crippen LogP contribution in [0.4, 0.5) is 5.69 Å². The first-order chi connectivity index (χ1) is 21.5. The molecule has 4 aromatic carbocycles. The largest absolute Gasteiger partial charge is 0.464 e. The Morgan fingerprint density at radius 3 is 2.64 bits per heavy atom. The lowest BCUT2D eigenvalue weighted by Crippen LogP contribution is -2.29. The Balaban J connectivity index is 1.10. The molecule has 0 unspecified atom stereocenters. The maximum absolute atomic E-state index is 13.5. The number of aromatic nitrogens is 1. The van der Waals surface area contributed by atoms with Gasteiger partial charge in [-0.25, -0.2) is 4.98 Å². The number of fused-ring (bicyclic) bond motifs is 2. The number of carbonyl (C=O) groups is 1. The van der Waals surface area contributed by atoms with E-state index < -0.39 is 6.29 Å². The van der Waals surface area contributed by atoms with Crippen LogP contribution in [0.3, 0.4) is 0 Å². The number of aryl methyl sites for hydroxylation is 1. The van der Waals surface area contributed by atoms with Gasteiger partial charge < -0.3 is 24.3 Å². The second kappa shape index (κ2) is 12.1. The molecule has 0 saturated heterocycles. The molecule has 0 saturated carbocycles. The summed E-state index contributed by atoms with van der Waals surface area (Å²) in [5, 5.41) is 14.3. The SMILES string of the molecule is Cc1ccc2nc(-c3ccc(NC(=O)C4=C[C@H](c5coc6ccccc56)C[C@H](OCc5ccc(CO)cc5)O4)cc3)sc2c1. The number of anilines is 1. The van der Waals surface area contributed by atoms with E-state index in [1.54, 1.807) is 17.6 Å². The Labute approximate surface area is 258 Å². The number of ether oxygens (including phenoxy) is 2. The van der Waals surface area contributed by atoms with Gasteiger partial charge >= 0.3 is 0 Å². The van der Waals surface area contributed by atoms with Crippen molar-refractivity contribution in [1.82, 2.24) is 4.98 Å². The number of carbonyl (C=O) groups excluding carboxylic acids is 1. The number of allylic oxidation sites excluding steroid dienone is 1. The highest BCUT2D eigenvalue weighted by Crippen LogP contribution is 2.37. The molecule has 1 aliphatic heterocycles. The zero-order valence-corrected chi connectivity index (χ0v) is 24.8. The minimum Gasteiger partial charge on any atom is -0.464 e. The van der Waals surface area contributed by atoms with Crippen molar-refractivity contribution in [3.8, 4) is 10.6 Å². The number of hydrogen-bond donors (Lipinski definition) is 2.